The first-order valence-electron chi connectivity index (χ1n) is 9.12. The van der Waals surface area contributed by atoms with E-state index in [9.17, 15) is 0 Å². The Labute approximate surface area is 148 Å². The summed E-state index contributed by atoms with van der Waals surface area (Å²) in [5.41, 5.74) is 4.42. The van der Waals surface area contributed by atoms with Crippen LogP contribution in [-0.2, 0) is 19.5 Å². The molecule has 2 fully saturated rings. The fourth-order valence-electron chi connectivity index (χ4n) is 4.32. The molecule has 1 saturated carbocycles. The Morgan fingerprint density at radius 2 is 2.21 bits per heavy atom. The van der Waals surface area contributed by atoms with Crippen LogP contribution in [0.2, 0.25) is 0 Å². The number of thiophene rings is 1. The Balaban J connectivity index is 1.55. The first-order valence-corrected chi connectivity index (χ1v) is 10.1. The third-order valence-corrected chi connectivity index (χ3v) is 6.65. The van der Waals surface area contributed by atoms with Crippen molar-refractivity contribution in [1.29, 1.82) is 0 Å². The molecule has 1 N–H and O–H groups in total. The molecule has 3 heterocycles. The van der Waals surface area contributed by atoms with Crippen LogP contribution in [0.25, 0.3) is 0 Å². The molecular formula is C19H27N3OS. The van der Waals surface area contributed by atoms with E-state index in [1.54, 1.807) is 11.3 Å². The molecule has 5 heteroatoms. The van der Waals surface area contributed by atoms with Crippen LogP contribution >= 0.6 is 11.3 Å². The van der Waals surface area contributed by atoms with E-state index in [0.29, 0.717) is 11.5 Å². The molecule has 130 valence electrons. The van der Waals surface area contributed by atoms with Crippen molar-refractivity contribution >= 4 is 11.3 Å². The second-order valence-corrected chi connectivity index (χ2v) is 8.17. The first kappa shape index (κ1) is 16.3. The predicted molar refractivity (Wildman–Crippen MR) is 97.1 cm³/mol. The van der Waals surface area contributed by atoms with Crippen molar-refractivity contribution in [2.24, 2.45) is 5.41 Å². The molecule has 0 bridgehead atoms. The van der Waals surface area contributed by atoms with Crippen molar-refractivity contribution in [3.63, 3.8) is 0 Å². The second-order valence-electron chi connectivity index (χ2n) is 7.39. The van der Waals surface area contributed by atoms with Crippen LogP contribution < -0.4 is 5.32 Å². The summed E-state index contributed by atoms with van der Waals surface area (Å²) in [5.74, 6) is 0.988. The van der Waals surface area contributed by atoms with Gasteiger partial charge in [0.05, 0.1) is 5.69 Å². The average Bonchev–Trinajstić information content (AvgIpc) is 2.94. The molecule has 4 rings (SSSR count). The van der Waals surface area contributed by atoms with Gasteiger partial charge in [-0.2, -0.15) is 11.3 Å². The van der Waals surface area contributed by atoms with Crippen LogP contribution in [0.5, 0.6) is 0 Å². The molecule has 0 radical (unpaired) electrons. The fourth-order valence-corrected chi connectivity index (χ4v) is 4.98. The zero-order valence-electron chi connectivity index (χ0n) is 14.7. The van der Waals surface area contributed by atoms with E-state index in [2.05, 4.69) is 46.0 Å². The molecule has 1 aliphatic heterocycles. The van der Waals surface area contributed by atoms with Gasteiger partial charge >= 0.3 is 0 Å². The summed E-state index contributed by atoms with van der Waals surface area (Å²) in [6, 6.07) is 2.97. The Morgan fingerprint density at radius 1 is 1.38 bits per heavy atom. The van der Waals surface area contributed by atoms with Crippen molar-refractivity contribution in [3.05, 3.63) is 39.4 Å². The number of hydrogen-bond donors (Lipinski definition) is 1. The molecule has 0 aromatic carbocycles. The first-order chi connectivity index (χ1) is 11.7. The minimum absolute atomic E-state index is 0.554. The molecule has 2 aliphatic rings. The number of rotatable bonds is 6. The zero-order valence-corrected chi connectivity index (χ0v) is 15.5. The zero-order chi connectivity index (χ0) is 16.6. The Kier molecular flexibility index (Phi) is 4.50. The van der Waals surface area contributed by atoms with Gasteiger partial charge in [0.2, 0.25) is 0 Å². The van der Waals surface area contributed by atoms with Gasteiger partial charge in [-0.05, 0) is 73.5 Å². The number of nitrogens with one attached hydrogen (secondary N) is 1. The summed E-state index contributed by atoms with van der Waals surface area (Å²) >= 11 is 1.79. The van der Waals surface area contributed by atoms with Crippen molar-refractivity contribution in [1.82, 2.24) is 15.4 Å². The van der Waals surface area contributed by atoms with Gasteiger partial charge in [0.25, 0.3) is 0 Å². The topological polar surface area (TPSA) is 41.3 Å². The Hall–Kier alpha value is -1.17. The number of aryl methyl sites for hydroxylation is 2. The van der Waals surface area contributed by atoms with E-state index in [0.717, 1.165) is 31.0 Å². The van der Waals surface area contributed by atoms with Gasteiger partial charge in [0.1, 0.15) is 5.76 Å². The summed E-state index contributed by atoms with van der Waals surface area (Å²) in [7, 11) is 0. The largest absolute Gasteiger partial charge is 0.361 e. The molecular weight excluding hydrogens is 318 g/mol. The highest BCUT2D eigenvalue weighted by molar-refractivity contribution is 7.07. The highest BCUT2D eigenvalue weighted by Crippen LogP contribution is 2.56. The monoisotopic (exact) mass is 345 g/mol. The van der Waals surface area contributed by atoms with Gasteiger partial charge in [-0.3, -0.25) is 4.90 Å². The lowest BCUT2D eigenvalue weighted by Gasteiger charge is -2.29. The maximum atomic E-state index is 5.48. The van der Waals surface area contributed by atoms with Gasteiger partial charge in [0, 0.05) is 24.7 Å². The highest BCUT2D eigenvalue weighted by Gasteiger charge is 2.56. The van der Waals surface area contributed by atoms with Crippen molar-refractivity contribution in [3.8, 4) is 0 Å². The lowest BCUT2D eigenvalue weighted by atomic mass is 9.93. The maximum Gasteiger partial charge on any atom is 0.138 e. The van der Waals surface area contributed by atoms with E-state index >= 15 is 0 Å². The van der Waals surface area contributed by atoms with Crippen LogP contribution in [0.15, 0.2) is 21.3 Å². The summed E-state index contributed by atoms with van der Waals surface area (Å²) in [6.07, 6.45) is 4.94. The molecule has 1 spiro atoms. The average molecular weight is 346 g/mol. The summed E-state index contributed by atoms with van der Waals surface area (Å²) in [5, 5.41) is 12.2. The lowest BCUT2D eigenvalue weighted by Crippen LogP contribution is -2.36. The van der Waals surface area contributed by atoms with Crippen LogP contribution in [-0.4, -0.2) is 29.2 Å². The standard InChI is InChI=1S/C19H27N3OS/c1-3-17-16(14(2)23-21-17)12-22(11-15-4-9-24-13-15)18-10-19(18)5-7-20-8-6-19/h4,9,13,18,20H,3,5-8,10-12H2,1-2H3. The Morgan fingerprint density at radius 3 is 2.92 bits per heavy atom. The lowest BCUT2D eigenvalue weighted by molar-refractivity contribution is 0.187. The molecule has 1 atom stereocenters. The van der Waals surface area contributed by atoms with Gasteiger partial charge in [-0.1, -0.05) is 12.1 Å². The number of hydrogen-bond acceptors (Lipinski definition) is 5. The molecule has 4 nitrogen and oxygen atoms in total. The van der Waals surface area contributed by atoms with E-state index in [1.165, 1.54) is 43.5 Å². The van der Waals surface area contributed by atoms with Crippen LogP contribution in [0.1, 0.15) is 48.8 Å². The molecule has 24 heavy (non-hydrogen) atoms. The normalized spacial score (nSPS) is 22.4. The third-order valence-electron chi connectivity index (χ3n) is 5.91. The van der Waals surface area contributed by atoms with Gasteiger partial charge in [0.15, 0.2) is 0 Å². The summed E-state index contributed by atoms with van der Waals surface area (Å²) < 4.78 is 5.48. The molecule has 1 unspecified atom stereocenters. The second kappa shape index (κ2) is 6.62. The van der Waals surface area contributed by atoms with Crippen molar-refractivity contribution in [2.45, 2.75) is 58.7 Å². The Bertz CT molecular complexity index is 673. The number of aromatic nitrogens is 1. The third kappa shape index (κ3) is 3.05. The van der Waals surface area contributed by atoms with Crippen molar-refractivity contribution < 1.29 is 4.52 Å². The molecule has 1 aliphatic carbocycles. The fraction of sp³-hybridized carbons (Fsp3) is 0.632. The molecule has 2 aromatic heterocycles. The quantitative estimate of drug-likeness (QED) is 0.866. The van der Waals surface area contributed by atoms with Gasteiger partial charge in [-0.15, -0.1) is 0 Å². The van der Waals surface area contributed by atoms with Crippen LogP contribution in [0, 0.1) is 12.3 Å². The van der Waals surface area contributed by atoms with Crippen LogP contribution in [0.3, 0.4) is 0 Å². The van der Waals surface area contributed by atoms with E-state index in [1.807, 2.05) is 0 Å². The van der Waals surface area contributed by atoms with Gasteiger partial charge < -0.3 is 9.84 Å². The minimum Gasteiger partial charge on any atom is -0.361 e. The molecule has 0 amide bonds. The van der Waals surface area contributed by atoms with E-state index < -0.39 is 0 Å². The summed E-state index contributed by atoms with van der Waals surface area (Å²) in [4.78, 5) is 2.69. The van der Waals surface area contributed by atoms with Gasteiger partial charge in [-0.25, -0.2) is 0 Å². The van der Waals surface area contributed by atoms with E-state index in [-0.39, 0.29) is 0 Å². The minimum atomic E-state index is 0.554. The maximum absolute atomic E-state index is 5.48. The smallest absolute Gasteiger partial charge is 0.138 e. The number of piperidine rings is 1. The SMILES string of the molecule is CCc1noc(C)c1CN(Cc1ccsc1)C1CC12CCNCC2. The van der Waals surface area contributed by atoms with E-state index in [4.69, 9.17) is 4.52 Å². The predicted octanol–water partition coefficient (Wildman–Crippen LogP) is 3.75. The molecule has 2 aromatic rings. The number of nitrogens with zero attached hydrogens (tertiary/aromatic N) is 2. The molecule has 1 saturated heterocycles. The summed E-state index contributed by atoms with van der Waals surface area (Å²) in [6.45, 7) is 8.57. The van der Waals surface area contributed by atoms with Crippen molar-refractivity contribution in [2.75, 3.05) is 13.1 Å². The highest BCUT2D eigenvalue weighted by atomic mass is 32.1. The van der Waals surface area contributed by atoms with Crippen LogP contribution in [0.4, 0.5) is 0 Å².